The number of rotatable bonds is 9. The monoisotopic (exact) mass is 502 g/mol. The number of methoxy groups -OCH3 is 1. The molecule has 1 saturated carbocycles. The molecule has 7 heteroatoms. The van der Waals surface area contributed by atoms with E-state index < -0.39 is 0 Å². The summed E-state index contributed by atoms with van der Waals surface area (Å²) in [5.74, 6) is 0.229. The Morgan fingerprint density at radius 3 is 2.67 bits per heavy atom. The number of pyridine rings is 1. The van der Waals surface area contributed by atoms with Crippen molar-refractivity contribution in [1.29, 1.82) is 5.41 Å². The van der Waals surface area contributed by atoms with Gasteiger partial charge in [0.2, 0.25) is 0 Å². The smallest absolute Gasteiger partial charge is 0.252 e. The molecule has 1 atom stereocenters. The molecule has 0 spiro atoms. The van der Waals surface area contributed by atoms with Crippen LogP contribution in [0, 0.1) is 19.3 Å². The zero-order valence-corrected chi connectivity index (χ0v) is 22.3. The second kappa shape index (κ2) is 11.8. The third-order valence-electron chi connectivity index (χ3n) is 6.79. The number of benzene rings is 2. The highest BCUT2D eigenvalue weighted by Crippen LogP contribution is 2.36. The molecule has 0 radical (unpaired) electrons. The number of aromatic nitrogens is 1. The van der Waals surface area contributed by atoms with Crippen LogP contribution in [0.25, 0.3) is 11.1 Å². The lowest BCUT2D eigenvalue weighted by Crippen LogP contribution is -2.27. The van der Waals surface area contributed by atoms with Gasteiger partial charge in [0, 0.05) is 42.3 Å². The van der Waals surface area contributed by atoms with Gasteiger partial charge in [-0.2, -0.15) is 0 Å². The van der Waals surface area contributed by atoms with Gasteiger partial charge in [-0.15, -0.1) is 0 Å². The van der Waals surface area contributed by atoms with Gasteiger partial charge in [0.05, 0.1) is 6.61 Å². The summed E-state index contributed by atoms with van der Waals surface area (Å²) < 4.78 is 5.32. The molecule has 1 aliphatic carbocycles. The molecule has 1 heterocycles. The molecule has 3 aromatic rings. The second-order valence-electron chi connectivity index (χ2n) is 9.52. The SMILES string of the molecule is COCc1cccc(-c2cc(PC3CCCC3)c(C=N)c(C(=O)NCc3c(C)cc(C)nc3N)c2)c1. The van der Waals surface area contributed by atoms with Crippen molar-refractivity contribution in [3.8, 4) is 11.1 Å². The maximum atomic E-state index is 13.5. The highest BCUT2D eigenvalue weighted by molar-refractivity contribution is 7.48. The van der Waals surface area contributed by atoms with E-state index in [9.17, 15) is 4.79 Å². The number of ether oxygens (including phenoxy) is 1. The molecule has 0 saturated heterocycles. The predicted octanol–water partition coefficient (Wildman–Crippen LogP) is 5.27. The van der Waals surface area contributed by atoms with E-state index in [-0.39, 0.29) is 12.5 Å². The Hall–Kier alpha value is -3.08. The summed E-state index contributed by atoms with van der Waals surface area (Å²) in [5, 5.41) is 12.3. The average Bonchev–Trinajstić information content (AvgIpc) is 3.36. The first-order chi connectivity index (χ1) is 17.4. The molecule has 6 nitrogen and oxygen atoms in total. The van der Waals surface area contributed by atoms with Gasteiger partial charge in [-0.25, -0.2) is 4.98 Å². The molecular formula is C29H35N4O2P. The maximum absolute atomic E-state index is 13.5. The number of nitrogens with one attached hydrogen (secondary N) is 2. The van der Waals surface area contributed by atoms with Crippen molar-refractivity contribution in [2.75, 3.05) is 12.8 Å². The fourth-order valence-electron chi connectivity index (χ4n) is 4.97. The maximum Gasteiger partial charge on any atom is 0.252 e. The van der Waals surface area contributed by atoms with Crippen molar-refractivity contribution >= 4 is 31.8 Å². The number of nitrogens with zero attached hydrogens (tertiary/aromatic N) is 1. The zero-order chi connectivity index (χ0) is 25.7. The Morgan fingerprint density at radius 1 is 1.19 bits per heavy atom. The third kappa shape index (κ3) is 6.00. The summed E-state index contributed by atoms with van der Waals surface area (Å²) >= 11 is 0. The molecule has 2 aromatic carbocycles. The second-order valence-corrected chi connectivity index (χ2v) is 11.2. The van der Waals surface area contributed by atoms with Crippen LogP contribution < -0.4 is 16.4 Å². The largest absolute Gasteiger partial charge is 0.383 e. The van der Waals surface area contributed by atoms with Crippen LogP contribution in [0.4, 0.5) is 5.82 Å². The molecule has 1 unspecified atom stereocenters. The van der Waals surface area contributed by atoms with Gasteiger partial charge in [0.15, 0.2) is 0 Å². The molecule has 1 aliphatic rings. The first-order valence-electron chi connectivity index (χ1n) is 12.4. The minimum Gasteiger partial charge on any atom is -0.383 e. The fraction of sp³-hybridized carbons (Fsp3) is 0.345. The number of hydrogen-bond acceptors (Lipinski definition) is 5. The molecule has 0 bridgehead atoms. The van der Waals surface area contributed by atoms with E-state index in [1.807, 2.05) is 38.1 Å². The number of anilines is 1. The van der Waals surface area contributed by atoms with Gasteiger partial charge in [-0.05, 0) is 84.2 Å². The van der Waals surface area contributed by atoms with Gasteiger partial charge >= 0.3 is 0 Å². The van der Waals surface area contributed by atoms with Crippen molar-refractivity contribution in [3.05, 3.63) is 76.0 Å². The summed E-state index contributed by atoms with van der Waals surface area (Å²) in [6.45, 7) is 4.70. The first-order valence-corrected chi connectivity index (χ1v) is 13.5. The van der Waals surface area contributed by atoms with Crippen molar-refractivity contribution in [2.45, 2.75) is 58.3 Å². The molecule has 0 aliphatic heterocycles. The van der Waals surface area contributed by atoms with Crippen LogP contribution in [0.15, 0.2) is 42.5 Å². The van der Waals surface area contributed by atoms with Crippen molar-refractivity contribution in [3.63, 3.8) is 0 Å². The van der Waals surface area contributed by atoms with Crippen LogP contribution in [-0.2, 0) is 17.9 Å². The Balaban J connectivity index is 1.71. The highest BCUT2D eigenvalue weighted by Gasteiger charge is 2.21. The fourth-order valence-corrected chi connectivity index (χ4v) is 6.70. The van der Waals surface area contributed by atoms with Gasteiger partial charge in [-0.3, -0.25) is 4.79 Å². The van der Waals surface area contributed by atoms with E-state index in [2.05, 4.69) is 28.5 Å². The quantitative estimate of drug-likeness (QED) is 0.274. The number of hydrogen-bond donors (Lipinski definition) is 3. The number of aryl methyl sites for hydroxylation is 2. The lowest BCUT2D eigenvalue weighted by Gasteiger charge is -2.18. The Labute approximate surface area is 215 Å². The molecule has 188 valence electrons. The Bertz CT molecular complexity index is 1250. The van der Waals surface area contributed by atoms with Crippen LogP contribution in [0.3, 0.4) is 0 Å². The third-order valence-corrected chi connectivity index (χ3v) is 8.50. The molecule has 1 amide bonds. The van der Waals surface area contributed by atoms with E-state index in [0.717, 1.165) is 38.8 Å². The molecule has 4 rings (SSSR count). The molecule has 4 N–H and O–H groups in total. The highest BCUT2D eigenvalue weighted by atomic mass is 31.1. The summed E-state index contributed by atoms with van der Waals surface area (Å²) in [7, 11) is 2.26. The van der Waals surface area contributed by atoms with E-state index in [0.29, 0.717) is 37.8 Å². The van der Waals surface area contributed by atoms with Crippen LogP contribution >= 0.6 is 8.58 Å². The summed E-state index contributed by atoms with van der Waals surface area (Å²) in [5.41, 5.74) is 13.8. The summed E-state index contributed by atoms with van der Waals surface area (Å²) in [6, 6.07) is 14.3. The lowest BCUT2D eigenvalue weighted by molar-refractivity contribution is 0.0951. The van der Waals surface area contributed by atoms with E-state index in [4.69, 9.17) is 15.9 Å². The molecule has 1 aromatic heterocycles. The van der Waals surface area contributed by atoms with Gasteiger partial charge in [0.1, 0.15) is 5.82 Å². The zero-order valence-electron chi connectivity index (χ0n) is 21.3. The Morgan fingerprint density at radius 2 is 1.97 bits per heavy atom. The topological polar surface area (TPSA) is 101 Å². The van der Waals surface area contributed by atoms with Crippen LogP contribution in [-0.4, -0.2) is 29.9 Å². The molecule has 1 fully saturated rings. The normalized spacial score (nSPS) is 14.0. The minimum absolute atomic E-state index is 0.208. The minimum atomic E-state index is -0.208. The number of nitrogens with two attached hydrogens (primary N) is 1. The molecule has 36 heavy (non-hydrogen) atoms. The number of amides is 1. The van der Waals surface area contributed by atoms with E-state index in [1.165, 1.54) is 31.9 Å². The number of nitrogen functional groups attached to an aromatic ring is 1. The number of carbonyl (C=O) groups is 1. The Kier molecular flexibility index (Phi) is 8.50. The van der Waals surface area contributed by atoms with E-state index in [1.54, 1.807) is 7.11 Å². The van der Waals surface area contributed by atoms with Crippen LogP contribution in [0.2, 0.25) is 0 Å². The van der Waals surface area contributed by atoms with Crippen LogP contribution in [0.1, 0.15) is 64.0 Å². The molecular weight excluding hydrogens is 467 g/mol. The lowest BCUT2D eigenvalue weighted by atomic mass is 9.97. The average molecular weight is 503 g/mol. The van der Waals surface area contributed by atoms with Crippen molar-refractivity contribution in [1.82, 2.24) is 10.3 Å². The van der Waals surface area contributed by atoms with Crippen molar-refractivity contribution < 1.29 is 9.53 Å². The van der Waals surface area contributed by atoms with Gasteiger partial charge < -0.3 is 21.2 Å². The first kappa shape index (κ1) is 26.0. The summed E-state index contributed by atoms with van der Waals surface area (Å²) in [4.78, 5) is 17.9. The van der Waals surface area contributed by atoms with Gasteiger partial charge in [-0.1, -0.05) is 39.6 Å². The standard InChI is InChI=1S/C29H35N4O2P/c1-18-11-19(2)33-28(31)26(18)16-32-29(34)24-13-22(21-8-6-7-20(12-21)17-35-3)14-27(25(24)15-30)36-23-9-4-5-10-23/h6-8,11-15,23,30,36H,4-5,9-10,16-17H2,1-3H3,(H2,31,33)(H,32,34). The predicted molar refractivity (Wildman–Crippen MR) is 150 cm³/mol. The number of carbonyl (C=O) groups excluding carboxylic acids is 1. The summed E-state index contributed by atoms with van der Waals surface area (Å²) in [6.07, 6.45) is 6.28. The van der Waals surface area contributed by atoms with Crippen LogP contribution in [0.5, 0.6) is 0 Å². The van der Waals surface area contributed by atoms with E-state index >= 15 is 0 Å². The van der Waals surface area contributed by atoms with Crippen molar-refractivity contribution in [2.24, 2.45) is 0 Å². The van der Waals surface area contributed by atoms with Gasteiger partial charge in [0.25, 0.3) is 5.91 Å².